The summed E-state index contributed by atoms with van der Waals surface area (Å²) in [6, 6.07) is 26.2. The zero-order chi connectivity index (χ0) is 22.2. The molecule has 0 heterocycles. The van der Waals surface area contributed by atoms with Crippen LogP contribution in [0, 0.1) is 5.92 Å². The van der Waals surface area contributed by atoms with E-state index in [1.165, 1.54) is 0 Å². The molecule has 3 aromatic carbocycles. The zero-order valence-electron chi connectivity index (χ0n) is 17.4. The van der Waals surface area contributed by atoms with E-state index >= 15 is 0 Å². The van der Waals surface area contributed by atoms with Crippen molar-refractivity contribution in [3.05, 3.63) is 108 Å². The van der Waals surface area contributed by atoms with E-state index in [1.54, 1.807) is 61.5 Å². The summed E-state index contributed by atoms with van der Waals surface area (Å²) in [5.74, 6) is -2.52. The minimum atomic E-state index is -0.938. The Bertz CT molecular complexity index is 1020. The molecule has 0 bridgehead atoms. The Morgan fingerprint density at radius 1 is 0.645 bits per heavy atom. The van der Waals surface area contributed by atoms with Gasteiger partial charge in [-0.25, -0.2) is 9.59 Å². The molecule has 0 aliphatic heterocycles. The first-order chi connectivity index (χ1) is 15.0. The Hall–Kier alpha value is -3.73. The van der Waals surface area contributed by atoms with Crippen molar-refractivity contribution in [1.29, 1.82) is 0 Å². The van der Waals surface area contributed by atoms with Gasteiger partial charge in [0.2, 0.25) is 0 Å². The fraction of sp³-hybridized carbons (Fsp3) is 0.192. The third-order valence-electron chi connectivity index (χ3n) is 5.10. The van der Waals surface area contributed by atoms with Crippen molar-refractivity contribution in [3.8, 4) is 0 Å². The van der Waals surface area contributed by atoms with Crippen molar-refractivity contribution in [2.75, 3.05) is 0 Å². The molecule has 31 heavy (non-hydrogen) atoms. The lowest BCUT2D eigenvalue weighted by atomic mass is 9.92. The lowest BCUT2D eigenvalue weighted by Gasteiger charge is -2.29. The summed E-state index contributed by atoms with van der Waals surface area (Å²) in [5.41, 5.74) is 1.47. The normalized spacial score (nSPS) is 13.5. The minimum absolute atomic E-state index is 0.266. The number of ether oxygens (including phenoxy) is 2. The van der Waals surface area contributed by atoms with Crippen LogP contribution in [-0.2, 0) is 14.3 Å². The van der Waals surface area contributed by atoms with E-state index in [-0.39, 0.29) is 5.56 Å². The summed E-state index contributed by atoms with van der Waals surface area (Å²) in [7, 11) is 0. The number of hydrogen-bond donors (Lipinski definition) is 0. The predicted octanol–water partition coefficient (Wildman–Crippen LogP) is 5.04. The summed E-state index contributed by atoms with van der Waals surface area (Å²) in [4.78, 5) is 37.4. The van der Waals surface area contributed by atoms with Gasteiger partial charge in [-0.05, 0) is 24.6 Å². The maximum atomic E-state index is 12.7. The Morgan fingerprint density at radius 2 is 1.13 bits per heavy atom. The van der Waals surface area contributed by atoms with Gasteiger partial charge in [-0.15, -0.1) is 0 Å². The molecule has 0 N–H and O–H groups in total. The van der Waals surface area contributed by atoms with Crippen LogP contribution >= 0.6 is 0 Å². The average molecular weight is 416 g/mol. The Morgan fingerprint density at radius 3 is 1.68 bits per heavy atom. The van der Waals surface area contributed by atoms with Gasteiger partial charge in [-0.1, -0.05) is 85.8 Å². The fourth-order valence-electron chi connectivity index (χ4n) is 3.16. The van der Waals surface area contributed by atoms with Gasteiger partial charge >= 0.3 is 11.9 Å². The molecule has 5 nitrogen and oxygen atoms in total. The number of ketones is 1. The van der Waals surface area contributed by atoms with Gasteiger partial charge in [0.25, 0.3) is 5.78 Å². The second-order valence-corrected chi connectivity index (χ2v) is 7.27. The lowest BCUT2D eigenvalue weighted by Crippen LogP contribution is -2.32. The van der Waals surface area contributed by atoms with Crippen molar-refractivity contribution in [3.63, 3.8) is 0 Å². The summed E-state index contributed by atoms with van der Waals surface area (Å²) in [6.07, 6.45) is -1.34. The monoisotopic (exact) mass is 416 g/mol. The van der Waals surface area contributed by atoms with Crippen LogP contribution in [-0.4, -0.2) is 23.8 Å². The molecule has 0 saturated heterocycles. The molecule has 158 valence electrons. The molecule has 0 amide bonds. The van der Waals surface area contributed by atoms with Gasteiger partial charge < -0.3 is 9.47 Å². The average Bonchev–Trinajstić information content (AvgIpc) is 2.83. The second kappa shape index (κ2) is 10.3. The van der Waals surface area contributed by atoms with Crippen LogP contribution in [0.1, 0.15) is 46.2 Å². The minimum Gasteiger partial charge on any atom is -0.456 e. The molecule has 0 saturated carbocycles. The van der Waals surface area contributed by atoms with Gasteiger partial charge in [0.05, 0.1) is 5.56 Å². The molecule has 0 radical (unpaired) electrons. The summed E-state index contributed by atoms with van der Waals surface area (Å²) in [5, 5.41) is 0. The van der Waals surface area contributed by atoms with Crippen LogP contribution in [0.3, 0.4) is 0 Å². The number of carbonyl (C=O) groups excluding carboxylic acids is 3. The van der Waals surface area contributed by atoms with Crippen molar-refractivity contribution in [2.45, 2.75) is 26.1 Å². The van der Waals surface area contributed by atoms with E-state index in [9.17, 15) is 14.4 Å². The Balaban J connectivity index is 1.76. The molecule has 0 fully saturated rings. The quantitative estimate of drug-likeness (QED) is 0.292. The Labute approximate surface area is 181 Å². The van der Waals surface area contributed by atoms with E-state index in [0.717, 1.165) is 5.56 Å². The molecule has 3 atom stereocenters. The Kier molecular flexibility index (Phi) is 7.33. The number of benzene rings is 3. The molecular formula is C26H24O5. The molecule has 0 aromatic heterocycles. The molecule has 3 rings (SSSR count). The highest BCUT2D eigenvalue weighted by molar-refractivity contribution is 6.40. The second-order valence-electron chi connectivity index (χ2n) is 7.27. The van der Waals surface area contributed by atoms with E-state index in [4.69, 9.17) is 9.47 Å². The third-order valence-corrected chi connectivity index (χ3v) is 5.10. The number of Topliss-reactive ketones (excluding diaryl/α,β-unsaturated/α-hetero) is 1. The molecule has 5 heteroatoms. The lowest BCUT2D eigenvalue weighted by molar-refractivity contribution is -0.146. The van der Waals surface area contributed by atoms with Crippen molar-refractivity contribution >= 4 is 17.7 Å². The van der Waals surface area contributed by atoms with Gasteiger partial charge in [-0.2, -0.15) is 0 Å². The largest absolute Gasteiger partial charge is 0.456 e. The number of esters is 2. The maximum Gasteiger partial charge on any atom is 0.379 e. The zero-order valence-corrected chi connectivity index (χ0v) is 17.4. The van der Waals surface area contributed by atoms with Gasteiger partial charge in [0.1, 0.15) is 12.2 Å². The van der Waals surface area contributed by atoms with Crippen LogP contribution in [0.5, 0.6) is 0 Å². The number of rotatable bonds is 8. The fourth-order valence-corrected chi connectivity index (χ4v) is 3.16. The smallest absolute Gasteiger partial charge is 0.379 e. The third kappa shape index (κ3) is 5.66. The van der Waals surface area contributed by atoms with Crippen molar-refractivity contribution in [1.82, 2.24) is 0 Å². The molecule has 0 spiro atoms. The van der Waals surface area contributed by atoms with Crippen LogP contribution in [0.2, 0.25) is 0 Å². The first-order valence-corrected chi connectivity index (χ1v) is 10.1. The number of hydrogen-bond acceptors (Lipinski definition) is 5. The standard InChI is InChI=1S/C26H24O5/c1-18(19(2)30-26(29)23(27)20-12-6-3-7-13-20)24(21-14-8-4-9-15-21)31-25(28)22-16-10-5-11-17-22/h3-19,24H,1-2H3. The summed E-state index contributed by atoms with van der Waals surface area (Å²) >= 11 is 0. The SMILES string of the molecule is CC(OC(=O)C(=O)c1ccccc1)C(C)C(OC(=O)c1ccccc1)c1ccccc1. The van der Waals surface area contributed by atoms with E-state index in [2.05, 4.69) is 0 Å². The summed E-state index contributed by atoms with van der Waals surface area (Å²) in [6.45, 7) is 3.51. The predicted molar refractivity (Wildman–Crippen MR) is 117 cm³/mol. The van der Waals surface area contributed by atoms with E-state index in [1.807, 2.05) is 43.3 Å². The first kappa shape index (κ1) is 22.0. The number of carbonyl (C=O) groups is 3. The molecule has 0 aliphatic rings. The van der Waals surface area contributed by atoms with E-state index < -0.39 is 35.8 Å². The van der Waals surface area contributed by atoms with Gasteiger partial charge in [-0.3, -0.25) is 4.79 Å². The molecular weight excluding hydrogens is 392 g/mol. The van der Waals surface area contributed by atoms with Gasteiger partial charge in [0.15, 0.2) is 0 Å². The van der Waals surface area contributed by atoms with E-state index in [0.29, 0.717) is 5.56 Å². The highest BCUT2D eigenvalue weighted by Crippen LogP contribution is 2.31. The molecule has 0 aliphatic carbocycles. The topological polar surface area (TPSA) is 69.7 Å². The van der Waals surface area contributed by atoms with Crippen LogP contribution in [0.4, 0.5) is 0 Å². The summed E-state index contributed by atoms with van der Waals surface area (Å²) < 4.78 is 11.3. The van der Waals surface area contributed by atoms with Crippen molar-refractivity contribution < 1.29 is 23.9 Å². The molecule has 3 aromatic rings. The molecule has 3 unspecified atom stereocenters. The highest BCUT2D eigenvalue weighted by Gasteiger charge is 2.32. The van der Waals surface area contributed by atoms with Crippen molar-refractivity contribution in [2.24, 2.45) is 5.92 Å². The van der Waals surface area contributed by atoms with Crippen LogP contribution in [0.25, 0.3) is 0 Å². The highest BCUT2D eigenvalue weighted by atomic mass is 16.6. The first-order valence-electron chi connectivity index (χ1n) is 10.1. The van der Waals surface area contributed by atoms with Crippen LogP contribution < -0.4 is 0 Å². The van der Waals surface area contributed by atoms with Gasteiger partial charge in [0, 0.05) is 11.5 Å². The van der Waals surface area contributed by atoms with Crippen LogP contribution in [0.15, 0.2) is 91.0 Å². The maximum absolute atomic E-state index is 12.7.